The van der Waals surface area contributed by atoms with Gasteiger partial charge in [-0.05, 0) is 25.3 Å². The van der Waals surface area contributed by atoms with Gasteiger partial charge < -0.3 is 9.47 Å². The smallest absolute Gasteiger partial charge is 0.328 e. The van der Waals surface area contributed by atoms with Crippen LogP contribution in [0.15, 0.2) is 12.1 Å². The molecule has 0 bridgehead atoms. The fourth-order valence-corrected chi connectivity index (χ4v) is 3.17. The van der Waals surface area contributed by atoms with Crippen molar-refractivity contribution in [2.24, 2.45) is 5.41 Å². The lowest BCUT2D eigenvalue weighted by molar-refractivity contribution is -0.168. The van der Waals surface area contributed by atoms with Gasteiger partial charge in [0.2, 0.25) is 0 Å². The maximum Gasteiger partial charge on any atom is 0.328 e. The lowest BCUT2D eigenvalue weighted by atomic mass is 9.82. The van der Waals surface area contributed by atoms with Crippen LogP contribution in [0, 0.1) is 5.41 Å². The summed E-state index contributed by atoms with van der Waals surface area (Å²) in [5.74, 6) is -1.27. The first-order valence-electron chi connectivity index (χ1n) is 8.86. The second-order valence-electron chi connectivity index (χ2n) is 6.08. The minimum absolute atomic E-state index is 0.0242. The Morgan fingerprint density at radius 3 is 2.19 bits per heavy atom. The lowest BCUT2D eigenvalue weighted by Gasteiger charge is -2.27. The quantitative estimate of drug-likeness (QED) is 0.142. The zero-order chi connectivity index (χ0) is 19.7. The van der Waals surface area contributed by atoms with Crippen LogP contribution >= 0.6 is 34.8 Å². The van der Waals surface area contributed by atoms with Gasteiger partial charge in [-0.25, -0.2) is 0 Å². The molecule has 0 unspecified atom stereocenters. The van der Waals surface area contributed by atoms with Crippen LogP contribution in [0.4, 0.5) is 0 Å². The van der Waals surface area contributed by atoms with Crippen molar-refractivity contribution in [2.75, 3.05) is 6.61 Å². The Balaban J connectivity index is 2.90. The van der Waals surface area contributed by atoms with E-state index >= 15 is 0 Å². The van der Waals surface area contributed by atoms with Crippen molar-refractivity contribution in [1.82, 2.24) is 0 Å². The molecule has 0 saturated carbocycles. The predicted octanol–water partition coefficient (Wildman–Crippen LogP) is 6.48. The number of hydrogen-bond donors (Lipinski definition) is 0. The summed E-state index contributed by atoms with van der Waals surface area (Å²) in [6.07, 6.45) is 4.44. The van der Waals surface area contributed by atoms with E-state index in [1.54, 1.807) is 13.8 Å². The number of ether oxygens (including phenoxy) is 2. The highest BCUT2D eigenvalue weighted by Crippen LogP contribution is 2.38. The Hall–Kier alpha value is -0.970. The monoisotopic (exact) mass is 422 g/mol. The van der Waals surface area contributed by atoms with Crippen LogP contribution in [0.2, 0.25) is 15.1 Å². The van der Waals surface area contributed by atoms with Gasteiger partial charge >= 0.3 is 11.9 Å². The van der Waals surface area contributed by atoms with E-state index in [0.717, 1.165) is 25.7 Å². The van der Waals surface area contributed by atoms with Crippen LogP contribution in [0.1, 0.15) is 59.3 Å². The minimum Gasteiger partial charge on any atom is -0.465 e. The molecular formula is C19H25Cl3O4. The number of esters is 2. The molecule has 0 aliphatic heterocycles. The number of unbranched alkanes of at least 4 members (excludes halogenated alkanes) is 3. The molecule has 0 aromatic heterocycles. The van der Waals surface area contributed by atoms with Crippen molar-refractivity contribution in [1.29, 1.82) is 0 Å². The van der Waals surface area contributed by atoms with E-state index in [0.29, 0.717) is 0 Å². The zero-order valence-corrected chi connectivity index (χ0v) is 17.6. The molecule has 0 heterocycles. The van der Waals surface area contributed by atoms with Gasteiger partial charge in [0.15, 0.2) is 11.2 Å². The summed E-state index contributed by atoms with van der Waals surface area (Å²) in [5, 5.41) is 0.511. The predicted molar refractivity (Wildman–Crippen MR) is 105 cm³/mol. The zero-order valence-electron chi connectivity index (χ0n) is 15.4. The average molecular weight is 424 g/mol. The molecule has 4 nitrogen and oxygen atoms in total. The second kappa shape index (κ2) is 11.0. The first kappa shape index (κ1) is 23.1. The molecule has 0 spiro atoms. The molecule has 146 valence electrons. The third-order valence-electron chi connectivity index (χ3n) is 4.38. The molecule has 0 atom stereocenters. The summed E-state index contributed by atoms with van der Waals surface area (Å²) < 4.78 is 10.7. The van der Waals surface area contributed by atoms with E-state index < -0.39 is 17.4 Å². The van der Waals surface area contributed by atoms with E-state index in [9.17, 15) is 9.59 Å². The first-order valence-corrected chi connectivity index (χ1v) is 9.99. The molecule has 0 aliphatic rings. The van der Waals surface area contributed by atoms with Crippen LogP contribution in [-0.2, 0) is 14.3 Å². The van der Waals surface area contributed by atoms with E-state index in [-0.39, 0.29) is 40.3 Å². The van der Waals surface area contributed by atoms with Gasteiger partial charge in [-0.1, -0.05) is 74.8 Å². The molecule has 1 aromatic carbocycles. The summed E-state index contributed by atoms with van der Waals surface area (Å²) in [5.41, 5.74) is -1.39. The van der Waals surface area contributed by atoms with Crippen molar-refractivity contribution in [3.63, 3.8) is 0 Å². The van der Waals surface area contributed by atoms with Gasteiger partial charge in [0.05, 0.1) is 11.6 Å². The van der Waals surface area contributed by atoms with E-state index in [1.165, 1.54) is 12.1 Å². The highest BCUT2D eigenvalue weighted by atomic mass is 35.5. The Kier molecular flexibility index (Phi) is 9.77. The van der Waals surface area contributed by atoms with Crippen LogP contribution in [-0.4, -0.2) is 18.5 Å². The average Bonchev–Trinajstić information content (AvgIpc) is 2.60. The maximum absolute atomic E-state index is 12.8. The SMILES string of the molecule is CCCCCCOC(=O)C(CC)(CC)C(=O)Oc1cc(Cl)cc(Cl)c1Cl. The fraction of sp³-hybridized carbons (Fsp3) is 0.579. The Morgan fingerprint density at radius 2 is 1.62 bits per heavy atom. The minimum atomic E-state index is -1.39. The van der Waals surface area contributed by atoms with Crippen molar-refractivity contribution in [3.8, 4) is 5.75 Å². The summed E-state index contributed by atoms with van der Waals surface area (Å²) in [7, 11) is 0. The number of carbonyl (C=O) groups excluding carboxylic acids is 2. The molecule has 0 fully saturated rings. The molecular weight excluding hydrogens is 399 g/mol. The van der Waals surface area contributed by atoms with Crippen LogP contribution in [0.5, 0.6) is 5.75 Å². The summed E-state index contributed by atoms with van der Waals surface area (Å²) >= 11 is 18.0. The molecule has 7 heteroatoms. The highest BCUT2D eigenvalue weighted by molar-refractivity contribution is 6.44. The Bertz CT molecular complexity index is 627. The highest BCUT2D eigenvalue weighted by Gasteiger charge is 2.46. The molecule has 0 N–H and O–H groups in total. The van der Waals surface area contributed by atoms with Gasteiger partial charge in [-0.2, -0.15) is 0 Å². The van der Waals surface area contributed by atoms with Gasteiger partial charge in [0, 0.05) is 11.1 Å². The largest absolute Gasteiger partial charge is 0.465 e. The third kappa shape index (κ3) is 5.77. The molecule has 1 aromatic rings. The van der Waals surface area contributed by atoms with Crippen molar-refractivity contribution < 1.29 is 19.1 Å². The molecule has 1 rings (SSSR count). The molecule has 0 radical (unpaired) electrons. The fourth-order valence-electron chi connectivity index (χ4n) is 2.55. The standard InChI is InChI=1S/C19H25Cl3O4/c1-4-7-8-9-10-25-17(23)19(5-2,6-3)18(24)26-15-12-13(20)11-14(21)16(15)22/h11-12H,4-10H2,1-3H3. The number of halogens is 3. The van der Waals surface area contributed by atoms with Crippen LogP contribution in [0.3, 0.4) is 0 Å². The summed E-state index contributed by atoms with van der Waals surface area (Å²) in [4.78, 5) is 25.4. The molecule has 0 aliphatic carbocycles. The number of benzene rings is 1. The summed E-state index contributed by atoms with van der Waals surface area (Å²) in [6, 6.07) is 2.83. The van der Waals surface area contributed by atoms with Gasteiger partial charge in [-0.3, -0.25) is 9.59 Å². The lowest BCUT2D eigenvalue weighted by Crippen LogP contribution is -2.42. The van der Waals surface area contributed by atoms with Crippen LogP contribution < -0.4 is 4.74 Å². The second-order valence-corrected chi connectivity index (χ2v) is 7.30. The Labute approximate surface area is 170 Å². The summed E-state index contributed by atoms with van der Waals surface area (Å²) in [6.45, 7) is 5.89. The van der Waals surface area contributed by atoms with Crippen molar-refractivity contribution in [2.45, 2.75) is 59.3 Å². The van der Waals surface area contributed by atoms with Gasteiger partial charge in [0.25, 0.3) is 0 Å². The van der Waals surface area contributed by atoms with Crippen LogP contribution in [0.25, 0.3) is 0 Å². The van der Waals surface area contributed by atoms with E-state index in [2.05, 4.69) is 6.92 Å². The van der Waals surface area contributed by atoms with Crippen molar-refractivity contribution >= 4 is 46.7 Å². The van der Waals surface area contributed by atoms with E-state index in [4.69, 9.17) is 44.3 Å². The normalized spacial score (nSPS) is 11.3. The third-order valence-corrected chi connectivity index (χ3v) is 5.38. The maximum atomic E-state index is 12.8. The van der Waals surface area contributed by atoms with Gasteiger partial charge in [-0.15, -0.1) is 0 Å². The van der Waals surface area contributed by atoms with Gasteiger partial charge in [0.1, 0.15) is 5.02 Å². The number of rotatable bonds is 10. The molecule has 26 heavy (non-hydrogen) atoms. The van der Waals surface area contributed by atoms with Crippen molar-refractivity contribution in [3.05, 3.63) is 27.2 Å². The Morgan fingerprint density at radius 1 is 0.962 bits per heavy atom. The number of hydrogen-bond acceptors (Lipinski definition) is 4. The molecule has 0 amide bonds. The first-order chi connectivity index (χ1) is 12.3. The topological polar surface area (TPSA) is 52.6 Å². The van der Waals surface area contributed by atoms with E-state index in [1.807, 2.05) is 0 Å². The number of carbonyl (C=O) groups is 2. The molecule has 0 saturated heterocycles.